The first kappa shape index (κ1) is 14.1. The quantitative estimate of drug-likeness (QED) is 0.891. The molecule has 0 saturated heterocycles. The molecule has 2 N–H and O–H groups in total. The lowest BCUT2D eigenvalue weighted by molar-refractivity contribution is 0.371. The molecule has 4 heteroatoms. The van der Waals surface area contributed by atoms with Crippen LogP contribution in [-0.4, -0.2) is 12.2 Å². The van der Waals surface area contributed by atoms with Gasteiger partial charge in [0.1, 0.15) is 0 Å². The Morgan fingerprint density at radius 2 is 2.00 bits per heavy atom. The molecule has 1 aliphatic carbocycles. The molecule has 0 fully saturated rings. The number of anilines is 1. The number of phenols is 1. The van der Waals surface area contributed by atoms with Crippen molar-refractivity contribution in [2.45, 2.75) is 25.8 Å². The Hall–Kier alpha value is -1.87. The van der Waals surface area contributed by atoms with Gasteiger partial charge in [-0.2, -0.15) is 0 Å². The zero-order valence-corrected chi connectivity index (χ0v) is 12.7. The Balaban J connectivity index is 1.77. The highest BCUT2D eigenvalue weighted by Gasteiger charge is 2.12. The van der Waals surface area contributed by atoms with Gasteiger partial charge in [-0.15, -0.1) is 0 Å². The lowest BCUT2D eigenvalue weighted by Crippen LogP contribution is -2.01. The summed E-state index contributed by atoms with van der Waals surface area (Å²) in [6, 6.07) is 9.82. The molecule has 0 spiro atoms. The van der Waals surface area contributed by atoms with E-state index in [0.29, 0.717) is 17.3 Å². The average Bonchev–Trinajstić information content (AvgIpc) is 2.95. The van der Waals surface area contributed by atoms with Gasteiger partial charge in [0.15, 0.2) is 11.5 Å². The summed E-state index contributed by atoms with van der Waals surface area (Å²) in [7, 11) is 1.52. The maximum atomic E-state index is 10.1. The summed E-state index contributed by atoms with van der Waals surface area (Å²) < 4.78 is 5.12. The zero-order valence-electron chi connectivity index (χ0n) is 11.9. The molecule has 2 aromatic rings. The molecule has 1 aliphatic rings. The Morgan fingerprint density at radius 1 is 1.19 bits per heavy atom. The smallest absolute Gasteiger partial charge is 0.162 e. The van der Waals surface area contributed by atoms with Gasteiger partial charge >= 0.3 is 0 Å². The fourth-order valence-corrected chi connectivity index (χ4v) is 3.03. The number of rotatable bonds is 4. The number of nitrogens with one attached hydrogen (secondary N) is 1. The molecule has 21 heavy (non-hydrogen) atoms. The molecular weight excluding hydrogens is 286 g/mol. The third-order valence-electron chi connectivity index (χ3n) is 3.92. The van der Waals surface area contributed by atoms with Crippen LogP contribution in [0.2, 0.25) is 5.02 Å². The third-order valence-corrected chi connectivity index (χ3v) is 4.14. The average molecular weight is 304 g/mol. The van der Waals surface area contributed by atoms with Crippen LogP contribution < -0.4 is 10.1 Å². The van der Waals surface area contributed by atoms with E-state index < -0.39 is 0 Å². The molecule has 2 aromatic carbocycles. The molecule has 0 saturated carbocycles. The second kappa shape index (κ2) is 5.86. The molecule has 0 bridgehead atoms. The number of methoxy groups -OCH3 is 1. The maximum absolute atomic E-state index is 10.1. The standard InChI is InChI=1S/C17H18ClNO2/c1-21-16-9-14(18)7-13(17(16)20)10-19-15-6-5-11-3-2-4-12(11)8-15/h5-9,19-20H,2-4,10H2,1H3. The molecule has 3 nitrogen and oxygen atoms in total. The topological polar surface area (TPSA) is 41.5 Å². The van der Waals surface area contributed by atoms with Crippen molar-refractivity contribution in [3.8, 4) is 11.5 Å². The van der Waals surface area contributed by atoms with Crippen molar-refractivity contribution >= 4 is 17.3 Å². The number of fused-ring (bicyclic) bond motifs is 1. The lowest BCUT2D eigenvalue weighted by atomic mass is 10.1. The highest BCUT2D eigenvalue weighted by Crippen LogP contribution is 2.34. The van der Waals surface area contributed by atoms with Crippen molar-refractivity contribution in [2.75, 3.05) is 12.4 Å². The molecule has 0 heterocycles. The van der Waals surface area contributed by atoms with Crippen LogP contribution in [0.15, 0.2) is 30.3 Å². The van der Waals surface area contributed by atoms with E-state index in [9.17, 15) is 5.11 Å². The summed E-state index contributed by atoms with van der Waals surface area (Å²) in [4.78, 5) is 0. The van der Waals surface area contributed by atoms with E-state index in [1.165, 1.54) is 31.1 Å². The van der Waals surface area contributed by atoms with Crippen molar-refractivity contribution in [2.24, 2.45) is 0 Å². The van der Waals surface area contributed by atoms with Crippen LogP contribution in [0.25, 0.3) is 0 Å². The Morgan fingerprint density at radius 3 is 2.81 bits per heavy atom. The SMILES string of the molecule is COc1cc(Cl)cc(CNc2ccc3c(c2)CCC3)c1O. The number of ether oxygens (including phenoxy) is 1. The minimum absolute atomic E-state index is 0.135. The van der Waals surface area contributed by atoms with Crippen molar-refractivity contribution in [1.29, 1.82) is 0 Å². The van der Waals surface area contributed by atoms with E-state index in [2.05, 4.69) is 23.5 Å². The van der Waals surface area contributed by atoms with Crippen LogP contribution in [0, 0.1) is 0 Å². The minimum Gasteiger partial charge on any atom is -0.504 e. The summed E-state index contributed by atoms with van der Waals surface area (Å²) in [5.74, 6) is 0.531. The van der Waals surface area contributed by atoms with E-state index in [1.54, 1.807) is 12.1 Å². The van der Waals surface area contributed by atoms with Gasteiger partial charge in [-0.05, 0) is 48.6 Å². The molecule has 0 amide bonds. The molecule has 0 radical (unpaired) electrons. The molecule has 0 aromatic heterocycles. The van der Waals surface area contributed by atoms with Gasteiger partial charge in [0, 0.05) is 28.9 Å². The van der Waals surface area contributed by atoms with Crippen LogP contribution in [0.1, 0.15) is 23.1 Å². The number of aryl methyl sites for hydroxylation is 2. The first-order valence-electron chi connectivity index (χ1n) is 7.08. The summed E-state index contributed by atoms with van der Waals surface area (Å²) in [6.45, 7) is 0.502. The van der Waals surface area contributed by atoms with Gasteiger partial charge in [-0.25, -0.2) is 0 Å². The van der Waals surface area contributed by atoms with Gasteiger partial charge in [0.2, 0.25) is 0 Å². The largest absolute Gasteiger partial charge is 0.504 e. The van der Waals surface area contributed by atoms with Crippen molar-refractivity contribution in [3.63, 3.8) is 0 Å². The fourth-order valence-electron chi connectivity index (χ4n) is 2.80. The molecule has 0 unspecified atom stereocenters. The van der Waals surface area contributed by atoms with Crippen molar-refractivity contribution < 1.29 is 9.84 Å². The lowest BCUT2D eigenvalue weighted by Gasteiger charge is -2.12. The maximum Gasteiger partial charge on any atom is 0.162 e. The summed E-state index contributed by atoms with van der Waals surface area (Å²) in [6.07, 6.45) is 3.58. The molecule has 3 rings (SSSR count). The molecule has 0 atom stereocenters. The van der Waals surface area contributed by atoms with Gasteiger partial charge in [0.25, 0.3) is 0 Å². The third kappa shape index (κ3) is 2.93. The number of hydrogen-bond acceptors (Lipinski definition) is 3. The second-order valence-electron chi connectivity index (χ2n) is 5.31. The predicted octanol–water partition coefficient (Wildman–Crippen LogP) is 4.16. The van der Waals surface area contributed by atoms with E-state index >= 15 is 0 Å². The highest BCUT2D eigenvalue weighted by molar-refractivity contribution is 6.30. The summed E-state index contributed by atoms with van der Waals surface area (Å²) >= 11 is 6.04. The van der Waals surface area contributed by atoms with E-state index in [-0.39, 0.29) is 5.75 Å². The Kier molecular flexibility index (Phi) is 3.93. The molecular formula is C17H18ClNO2. The van der Waals surface area contributed by atoms with E-state index in [4.69, 9.17) is 16.3 Å². The predicted molar refractivity (Wildman–Crippen MR) is 85.5 cm³/mol. The number of halogens is 1. The van der Waals surface area contributed by atoms with Crippen LogP contribution in [0.3, 0.4) is 0 Å². The van der Waals surface area contributed by atoms with Crippen molar-refractivity contribution in [1.82, 2.24) is 0 Å². The van der Waals surface area contributed by atoms with Crippen molar-refractivity contribution in [3.05, 3.63) is 52.0 Å². The number of phenolic OH excluding ortho intramolecular Hbond substituents is 1. The number of hydrogen-bond donors (Lipinski definition) is 2. The Bertz CT molecular complexity index is 670. The molecule has 0 aliphatic heterocycles. The fraction of sp³-hybridized carbons (Fsp3) is 0.294. The van der Waals surface area contributed by atoms with Gasteiger partial charge in [-0.1, -0.05) is 17.7 Å². The Labute approximate surface area is 129 Å². The van der Waals surface area contributed by atoms with Gasteiger partial charge in [0.05, 0.1) is 7.11 Å². The first-order chi connectivity index (χ1) is 10.2. The van der Waals surface area contributed by atoms with Crippen LogP contribution >= 0.6 is 11.6 Å². The molecule has 110 valence electrons. The van der Waals surface area contributed by atoms with E-state index in [1.807, 2.05) is 0 Å². The van der Waals surface area contributed by atoms with Crippen LogP contribution in [0.5, 0.6) is 11.5 Å². The first-order valence-corrected chi connectivity index (χ1v) is 7.46. The zero-order chi connectivity index (χ0) is 14.8. The number of aromatic hydroxyl groups is 1. The normalized spacial score (nSPS) is 13.0. The monoisotopic (exact) mass is 303 g/mol. The van der Waals surface area contributed by atoms with E-state index in [0.717, 1.165) is 17.7 Å². The second-order valence-corrected chi connectivity index (χ2v) is 5.74. The van der Waals surface area contributed by atoms with Crippen LogP contribution in [0.4, 0.5) is 5.69 Å². The van der Waals surface area contributed by atoms with Crippen LogP contribution in [-0.2, 0) is 19.4 Å². The summed E-state index contributed by atoms with van der Waals surface area (Å²) in [5, 5.41) is 14.0. The van der Waals surface area contributed by atoms with Gasteiger partial charge in [-0.3, -0.25) is 0 Å². The minimum atomic E-state index is 0.135. The number of benzene rings is 2. The van der Waals surface area contributed by atoms with Gasteiger partial charge < -0.3 is 15.2 Å². The highest BCUT2D eigenvalue weighted by atomic mass is 35.5. The summed E-state index contributed by atoms with van der Waals surface area (Å²) in [5.41, 5.74) is 4.66.